The average Bonchev–Trinajstić information content (AvgIpc) is 2.64. The van der Waals surface area contributed by atoms with Crippen LogP contribution in [0.25, 0.3) is 11.3 Å². The highest BCUT2D eigenvalue weighted by atomic mass is 35.5. The van der Waals surface area contributed by atoms with Crippen LogP contribution in [-0.2, 0) is 0 Å². The maximum Gasteiger partial charge on any atom is 0.292 e. The van der Waals surface area contributed by atoms with E-state index in [4.69, 9.17) is 26.5 Å². The number of hydrogen-bond acceptors (Lipinski definition) is 4. The zero-order valence-electron chi connectivity index (χ0n) is 8.03. The van der Waals surface area contributed by atoms with E-state index in [9.17, 15) is 0 Å². The van der Waals surface area contributed by atoms with Gasteiger partial charge >= 0.3 is 0 Å². The Morgan fingerprint density at radius 2 is 2.27 bits per heavy atom. The maximum absolute atomic E-state index is 6.05. The van der Waals surface area contributed by atoms with E-state index >= 15 is 0 Å². The second-order valence-electron chi connectivity index (χ2n) is 2.92. The van der Waals surface area contributed by atoms with Crippen LogP contribution in [-0.4, -0.2) is 12.1 Å². The number of nitrogens with zero attached hydrogens (tertiary/aromatic N) is 1. The molecule has 0 atom stereocenters. The fourth-order valence-corrected chi connectivity index (χ4v) is 1.51. The molecule has 4 nitrogen and oxygen atoms in total. The van der Waals surface area contributed by atoms with E-state index in [1.54, 1.807) is 25.3 Å². The van der Waals surface area contributed by atoms with Crippen LogP contribution in [0.3, 0.4) is 0 Å². The number of methoxy groups -OCH3 is 1. The Hall–Kier alpha value is -1.68. The number of halogens is 1. The molecule has 1 aromatic carbocycles. The van der Waals surface area contributed by atoms with Gasteiger partial charge in [0.25, 0.3) is 6.01 Å². The molecule has 0 aliphatic heterocycles. The molecule has 5 heteroatoms. The summed E-state index contributed by atoms with van der Waals surface area (Å²) in [6.45, 7) is 0. The van der Waals surface area contributed by atoms with Gasteiger partial charge in [0.1, 0.15) is 17.7 Å². The van der Waals surface area contributed by atoms with E-state index in [0.29, 0.717) is 16.5 Å². The first-order chi connectivity index (χ1) is 7.20. The van der Waals surface area contributed by atoms with Crippen LogP contribution in [0.4, 0.5) is 6.01 Å². The molecule has 0 spiro atoms. The third kappa shape index (κ3) is 1.89. The predicted molar refractivity (Wildman–Crippen MR) is 57.9 cm³/mol. The molecule has 15 heavy (non-hydrogen) atoms. The number of hydrogen-bond donors (Lipinski definition) is 1. The van der Waals surface area contributed by atoms with Crippen molar-refractivity contribution in [3.8, 4) is 17.0 Å². The van der Waals surface area contributed by atoms with Crippen LogP contribution in [0, 0.1) is 0 Å². The molecule has 78 valence electrons. The number of nitrogens with two attached hydrogens (primary N) is 1. The zero-order valence-corrected chi connectivity index (χ0v) is 8.78. The minimum absolute atomic E-state index is 0.122. The lowest BCUT2D eigenvalue weighted by atomic mass is 10.1. The first-order valence-corrected chi connectivity index (χ1v) is 4.63. The molecule has 2 aromatic rings. The molecule has 2 N–H and O–H groups in total. The smallest absolute Gasteiger partial charge is 0.292 e. The van der Waals surface area contributed by atoms with E-state index in [1.807, 2.05) is 0 Å². The molecular weight excluding hydrogens is 216 g/mol. The predicted octanol–water partition coefficient (Wildman–Crippen LogP) is 2.59. The van der Waals surface area contributed by atoms with Gasteiger partial charge in [0.05, 0.1) is 12.1 Å². The van der Waals surface area contributed by atoms with Gasteiger partial charge in [-0.25, -0.2) is 0 Å². The molecule has 1 aromatic heterocycles. The Balaban J connectivity index is 2.45. The first kappa shape index (κ1) is 9.86. The number of ether oxygens (including phenoxy) is 1. The number of benzene rings is 1. The molecule has 0 saturated carbocycles. The number of aromatic nitrogens is 1. The molecule has 0 radical (unpaired) electrons. The van der Waals surface area contributed by atoms with E-state index in [1.165, 1.54) is 6.26 Å². The number of nitrogen functional groups attached to an aromatic ring is 1. The minimum Gasteiger partial charge on any atom is -0.497 e. The third-order valence-electron chi connectivity index (χ3n) is 1.97. The quantitative estimate of drug-likeness (QED) is 0.852. The van der Waals surface area contributed by atoms with E-state index < -0.39 is 0 Å². The lowest BCUT2D eigenvalue weighted by Gasteiger charge is -2.03. The van der Waals surface area contributed by atoms with Gasteiger partial charge in [-0.15, -0.1) is 0 Å². The van der Waals surface area contributed by atoms with Crippen molar-refractivity contribution in [1.29, 1.82) is 0 Å². The lowest BCUT2D eigenvalue weighted by Crippen LogP contribution is -1.86. The molecule has 0 bridgehead atoms. The molecule has 1 heterocycles. The van der Waals surface area contributed by atoms with E-state index in [0.717, 1.165) is 5.56 Å². The summed E-state index contributed by atoms with van der Waals surface area (Å²) in [5.41, 5.74) is 6.75. The molecule has 0 fully saturated rings. The normalized spacial score (nSPS) is 10.3. The summed E-state index contributed by atoms with van der Waals surface area (Å²) in [7, 11) is 1.58. The van der Waals surface area contributed by atoms with Gasteiger partial charge in [0.2, 0.25) is 0 Å². The van der Waals surface area contributed by atoms with Crippen LogP contribution in [0.1, 0.15) is 0 Å². The van der Waals surface area contributed by atoms with Crippen molar-refractivity contribution >= 4 is 17.6 Å². The first-order valence-electron chi connectivity index (χ1n) is 4.25. The molecule has 2 rings (SSSR count). The molecule has 0 unspecified atom stereocenters. The third-order valence-corrected chi connectivity index (χ3v) is 2.29. The van der Waals surface area contributed by atoms with E-state index in [2.05, 4.69) is 4.98 Å². The van der Waals surface area contributed by atoms with Crippen LogP contribution in [0.2, 0.25) is 5.02 Å². The molecule has 0 amide bonds. The molecular formula is C10H9ClN2O2. The summed E-state index contributed by atoms with van der Waals surface area (Å²) in [6, 6.07) is 5.43. The Morgan fingerprint density at radius 1 is 1.47 bits per heavy atom. The van der Waals surface area contributed by atoms with Gasteiger partial charge in [-0.3, -0.25) is 0 Å². The Labute approximate surface area is 91.6 Å². The summed E-state index contributed by atoms with van der Waals surface area (Å²) >= 11 is 6.05. The maximum atomic E-state index is 6.05. The van der Waals surface area contributed by atoms with Gasteiger partial charge in [0, 0.05) is 5.56 Å². The van der Waals surface area contributed by atoms with Crippen LogP contribution in [0.5, 0.6) is 5.75 Å². The zero-order chi connectivity index (χ0) is 10.8. The van der Waals surface area contributed by atoms with Gasteiger partial charge in [-0.2, -0.15) is 4.98 Å². The standard InChI is InChI=1S/C10H9ClN2O2/c1-14-6-2-3-7(8(11)4-6)9-5-15-10(12)13-9/h2-5H,1H3,(H2,12,13). The van der Waals surface area contributed by atoms with Crippen molar-refractivity contribution in [3.05, 3.63) is 29.5 Å². The summed E-state index contributed by atoms with van der Waals surface area (Å²) in [4.78, 5) is 3.98. The van der Waals surface area contributed by atoms with Crippen LogP contribution in [0.15, 0.2) is 28.9 Å². The van der Waals surface area contributed by atoms with Gasteiger partial charge in [-0.1, -0.05) is 11.6 Å². The molecule has 0 aliphatic carbocycles. The van der Waals surface area contributed by atoms with Crippen molar-refractivity contribution in [1.82, 2.24) is 4.98 Å². The number of oxazole rings is 1. The Morgan fingerprint density at radius 3 is 2.80 bits per heavy atom. The van der Waals surface area contributed by atoms with Crippen molar-refractivity contribution in [3.63, 3.8) is 0 Å². The molecule has 0 saturated heterocycles. The van der Waals surface area contributed by atoms with Gasteiger partial charge in [0.15, 0.2) is 0 Å². The summed E-state index contributed by atoms with van der Waals surface area (Å²) in [6.07, 6.45) is 1.46. The van der Waals surface area contributed by atoms with Crippen LogP contribution >= 0.6 is 11.6 Å². The monoisotopic (exact) mass is 224 g/mol. The average molecular weight is 225 g/mol. The Bertz CT molecular complexity index is 482. The van der Waals surface area contributed by atoms with Crippen molar-refractivity contribution in [2.24, 2.45) is 0 Å². The second kappa shape index (κ2) is 3.82. The van der Waals surface area contributed by atoms with E-state index in [-0.39, 0.29) is 6.01 Å². The van der Waals surface area contributed by atoms with Gasteiger partial charge < -0.3 is 14.9 Å². The molecule has 0 aliphatic rings. The van der Waals surface area contributed by atoms with Crippen molar-refractivity contribution in [2.75, 3.05) is 12.8 Å². The summed E-state index contributed by atoms with van der Waals surface area (Å²) in [5, 5.41) is 0.544. The Kier molecular flexibility index (Phi) is 2.51. The van der Waals surface area contributed by atoms with Crippen molar-refractivity contribution < 1.29 is 9.15 Å². The fraction of sp³-hybridized carbons (Fsp3) is 0.100. The lowest BCUT2D eigenvalue weighted by molar-refractivity contribution is 0.415. The minimum atomic E-state index is 0.122. The summed E-state index contributed by atoms with van der Waals surface area (Å²) in [5.74, 6) is 0.695. The van der Waals surface area contributed by atoms with Crippen LogP contribution < -0.4 is 10.5 Å². The SMILES string of the molecule is COc1ccc(-c2coc(N)n2)c(Cl)c1. The second-order valence-corrected chi connectivity index (χ2v) is 3.32. The highest BCUT2D eigenvalue weighted by molar-refractivity contribution is 6.33. The highest BCUT2D eigenvalue weighted by Gasteiger charge is 2.08. The number of anilines is 1. The van der Waals surface area contributed by atoms with Crippen molar-refractivity contribution in [2.45, 2.75) is 0 Å². The summed E-state index contributed by atoms with van der Waals surface area (Å²) < 4.78 is 9.95. The van der Waals surface area contributed by atoms with Gasteiger partial charge in [-0.05, 0) is 18.2 Å². The fourth-order valence-electron chi connectivity index (χ4n) is 1.24. The number of rotatable bonds is 2. The largest absolute Gasteiger partial charge is 0.497 e. The highest BCUT2D eigenvalue weighted by Crippen LogP contribution is 2.30. The topological polar surface area (TPSA) is 61.3 Å².